The van der Waals surface area contributed by atoms with Crippen LogP contribution in [-0.2, 0) is 10.0 Å². The molecule has 5 nitrogen and oxygen atoms in total. The number of anilines is 1. The zero-order chi connectivity index (χ0) is 22.8. The fourth-order valence-corrected chi connectivity index (χ4v) is 4.54. The van der Waals surface area contributed by atoms with Gasteiger partial charge in [0.25, 0.3) is 15.9 Å². The zero-order valence-corrected chi connectivity index (χ0v) is 19.3. The van der Waals surface area contributed by atoms with E-state index in [2.05, 4.69) is 11.4 Å². The van der Waals surface area contributed by atoms with Gasteiger partial charge in [0.1, 0.15) is 0 Å². The molecule has 1 amide bonds. The standard InChI is InChI=1S/C25H28N2O3S/c1-17-10-14-22(15-11-17)31(29,30)27(5)24-9-7-6-8-23(24)25(28)26-20(4)21-13-12-18(2)19(3)16-21/h6-16,20H,1-5H3,(H,26,28)/t20-/m1/s1. The van der Waals surface area contributed by atoms with Crippen molar-refractivity contribution >= 4 is 21.6 Å². The van der Waals surface area contributed by atoms with Gasteiger partial charge >= 0.3 is 0 Å². The van der Waals surface area contributed by atoms with Crippen LogP contribution < -0.4 is 9.62 Å². The molecule has 1 atom stereocenters. The molecule has 0 saturated heterocycles. The van der Waals surface area contributed by atoms with Gasteiger partial charge in [-0.25, -0.2) is 8.42 Å². The highest BCUT2D eigenvalue weighted by Crippen LogP contribution is 2.27. The molecule has 1 N–H and O–H groups in total. The van der Waals surface area contributed by atoms with E-state index < -0.39 is 10.0 Å². The number of rotatable bonds is 6. The molecule has 0 unspecified atom stereocenters. The van der Waals surface area contributed by atoms with Crippen LogP contribution in [0.15, 0.2) is 71.6 Å². The highest BCUT2D eigenvalue weighted by molar-refractivity contribution is 7.92. The second-order valence-electron chi connectivity index (χ2n) is 7.84. The van der Waals surface area contributed by atoms with Crippen molar-refractivity contribution in [1.29, 1.82) is 0 Å². The van der Waals surface area contributed by atoms with Crippen molar-refractivity contribution in [3.05, 3.63) is 94.5 Å². The van der Waals surface area contributed by atoms with Crippen LogP contribution in [0.2, 0.25) is 0 Å². The number of carbonyl (C=O) groups is 1. The van der Waals surface area contributed by atoms with E-state index in [0.717, 1.165) is 21.0 Å². The summed E-state index contributed by atoms with van der Waals surface area (Å²) in [7, 11) is -2.34. The molecule has 3 aromatic rings. The molecular formula is C25H28N2O3S. The third-order valence-electron chi connectivity index (χ3n) is 5.55. The number of hydrogen-bond donors (Lipinski definition) is 1. The van der Waals surface area contributed by atoms with E-state index in [1.807, 2.05) is 39.8 Å². The van der Waals surface area contributed by atoms with Gasteiger partial charge in [-0.2, -0.15) is 0 Å². The average molecular weight is 437 g/mol. The van der Waals surface area contributed by atoms with E-state index in [1.165, 1.54) is 12.6 Å². The Balaban J connectivity index is 1.89. The van der Waals surface area contributed by atoms with Gasteiger partial charge in [-0.3, -0.25) is 9.10 Å². The molecule has 0 radical (unpaired) electrons. The van der Waals surface area contributed by atoms with Crippen molar-refractivity contribution < 1.29 is 13.2 Å². The summed E-state index contributed by atoms with van der Waals surface area (Å²) in [5, 5.41) is 2.99. The zero-order valence-electron chi connectivity index (χ0n) is 18.5. The van der Waals surface area contributed by atoms with Crippen molar-refractivity contribution in [2.45, 2.75) is 38.6 Å². The predicted molar refractivity (Wildman–Crippen MR) is 125 cm³/mol. The minimum atomic E-state index is -3.80. The molecule has 0 aliphatic heterocycles. The summed E-state index contributed by atoms with van der Waals surface area (Å²) in [6.07, 6.45) is 0. The topological polar surface area (TPSA) is 66.5 Å². The molecule has 0 heterocycles. The summed E-state index contributed by atoms with van der Waals surface area (Å²) in [5.74, 6) is -0.327. The van der Waals surface area contributed by atoms with Crippen molar-refractivity contribution in [2.75, 3.05) is 11.4 Å². The monoisotopic (exact) mass is 436 g/mol. The molecule has 3 aromatic carbocycles. The average Bonchev–Trinajstić information content (AvgIpc) is 2.75. The molecule has 31 heavy (non-hydrogen) atoms. The maximum absolute atomic E-state index is 13.1. The van der Waals surface area contributed by atoms with E-state index in [9.17, 15) is 13.2 Å². The van der Waals surface area contributed by atoms with Crippen LogP contribution in [0.3, 0.4) is 0 Å². The summed E-state index contributed by atoms with van der Waals surface area (Å²) in [5.41, 5.74) is 4.94. The number of amides is 1. The van der Waals surface area contributed by atoms with Gasteiger partial charge in [-0.1, -0.05) is 48.0 Å². The summed E-state index contributed by atoms with van der Waals surface area (Å²) < 4.78 is 27.4. The van der Waals surface area contributed by atoms with E-state index in [0.29, 0.717) is 11.3 Å². The number of sulfonamides is 1. The molecule has 162 valence electrons. The van der Waals surface area contributed by atoms with Gasteiger partial charge in [0.05, 0.1) is 22.2 Å². The Morgan fingerprint density at radius 1 is 0.903 bits per heavy atom. The number of para-hydroxylation sites is 1. The second kappa shape index (κ2) is 8.94. The van der Waals surface area contributed by atoms with E-state index in [-0.39, 0.29) is 16.8 Å². The molecule has 0 saturated carbocycles. The minimum Gasteiger partial charge on any atom is -0.345 e. The first-order chi connectivity index (χ1) is 14.6. The van der Waals surface area contributed by atoms with E-state index in [1.54, 1.807) is 48.5 Å². The van der Waals surface area contributed by atoms with Crippen LogP contribution in [0.5, 0.6) is 0 Å². The number of carbonyl (C=O) groups excluding carboxylic acids is 1. The molecule has 0 fully saturated rings. The van der Waals surface area contributed by atoms with Crippen LogP contribution in [-0.4, -0.2) is 21.4 Å². The predicted octanol–water partition coefficient (Wildman–Crippen LogP) is 4.93. The minimum absolute atomic E-state index is 0.180. The van der Waals surface area contributed by atoms with E-state index >= 15 is 0 Å². The first kappa shape index (κ1) is 22.6. The Morgan fingerprint density at radius 2 is 1.55 bits per heavy atom. The van der Waals surface area contributed by atoms with Crippen molar-refractivity contribution in [2.24, 2.45) is 0 Å². The van der Waals surface area contributed by atoms with Crippen LogP contribution >= 0.6 is 0 Å². The van der Waals surface area contributed by atoms with Crippen molar-refractivity contribution in [3.8, 4) is 0 Å². The second-order valence-corrected chi connectivity index (χ2v) is 9.81. The molecule has 0 aliphatic rings. The largest absolute Gasteiger partial charge is 0.345 e. The summed E-state index contributed by atoms with van der Waals surface area (Å²) in [6.45, 7) is 7.89. The van der Waals surface area contributed by atoms with Gasteiger partial charge in [0, 0.05) is 7.05 Å². The maximum atomic E-state index is 13.1. The summed E-state index contributed by atoms with van der Waals surface area (Å²) in [6, 6.07) is 19.2. The Kier molecular flexibility index (Phi) is 6.51. The number of benzene rings is 3. The number of nitrogens with zero attached hydrogens (tertiary/aromatic N) is 1. The van der Waals surface area contributed by atoms with Crippen LogP contribution in [0.25, 0.3) is 0 Å². The normalized spacial score (nSPS) is 12.3. The van der Waals surface area contributed by atoms with Gasteiger partial charge in [-0.15, -0.1) is 0 Å². The maximum Gasteiger partial charge on any atom is 0.264 e. The number of aryl methyl sites for hydroxylation is 3. The fraction of sp³-hybridized carbons (Fsp3) is 0.240. The molecule has 0 aromatic heterocycles. The smallest absolute Gasteiger partial charge is 0.264 e. The van der Waals surface area contributed by atoms with E-state index in [4.69, 9.17) is 0 Å². The SMILES string of the molecule is Cc1ccc(S(=O)(=O)N(C)c2ccccc2C(=O)N[C@H](C)c2ccc(C)c(C)c2)cc1. The lowest BCUT2D eigenvalue weighted by Gasteiger charge is -2.23. The first-order valence-electron chi connectivity index (χ1n) is 10.1. The molecule has 0 spiro atoms. The molecule has 6 heteroatoms. The molecule has 0 bridgehead atoms. The lowest BCUT2D eigenvalue weighted by molar-refractivity contribution is 0.0940. The molecule has 3 rings (SSSR count). The Labute approximate surface area is 184 Å². The lowest BCUT2D eigenvalue weighted by atomic mass is 10.0. The Morgan fingerprint density at radius 3 is 2.19 bits per heavy atom. The fourth-order valence-electron chi connectivity index (χ4n) is 3.33. The third kappa shape index (κ3) is 4.80. The van der Waals surface area contributed by atoms with Gasteiger partial charge in [0.15, 0.2) is 0 Å². The Hall–Kier alpha value is -3.12. The highest BCUT2D eigenvalue weighted by Gasteiger charge is 2.25. The van der Waals surface area contributed by atoms with Crippen LogP contribution in [0.1, 0.15) is 45.6 Å². The number of nitrogens with one attached hydrogen (secondary N) is 1. The van der Waals surface area contributed by atoms with Crippen LogP contribution in [0, 0.1) is 20.8 Å². The Bertz CT molecular complexity index is 1200. The molecule has 0 aliphatic carbocycles. The summed E-state index contributed by atoms with van der Waals surface area (Å²) in [4.78, 5) is 13.3. The highest BCUT2D eigenvalue weighted by atomic mass is 32.2. The van der Waals surface area contributed by atoms with Crippen molar-refractivity contribution in [3.63, 3.8) is 0 Å². The number of hydrogen-bond acceptors (Lipinski definition) is 3. The van der Waals surface area contributed by atoms with Gasteiger partial charge in [0.2, 0.25) is 0 Å². The third-order valence-corrected chi connectivity index (χ3v) is 7.33. The van der Waals surface area contributed by atoms with Gasteiger partial charge in [-0.05, 0) is 68.7 Å². The first-order valence-corrected chi connectivity index (χ1v) is 11.6. The van der Waals surface area contributed by atoms with Gasteiger partial charge < -0.3 is 5.32 Å². The summed E-state index contributed by atoms with van der Waals surface area (Å²) >= 11 is 0. The molecular weight excluding hydrogens is 408 g/mol. The lowest BCUT2D eigenvalue weighted by Crippen LogP contribution is -2.32. The van der Waals surface area contributed by atoms with Crippen molar-refractivity contribution in [1.82, 2.24) is 5.32 Å². The quantitative estimate of drug-likeness (QED) is 0.596. The van der Waals surface area contributed by atoms with Crippen LogP contribution in [0.4, 0.5) is 5.69 Å².